The maximum absolute atomic E-state index is 12.1. The average molecular weight is 798 g/mol. The smallest absolute Gasteiger partial charge is 0.320 e. The molecule has 0 aromatic carbocycles. The Bertz CT molecular complexity index is 809. The molecule has 0 heterocycles. The van der Waals surface area contributed by atoms with Gasteiger partial charge in [-0.1, -0.05) is 213 Å². The molecular weight excluding hydrogens is 703 g/mol. The summed E-state index contributed by atoms with van der Waals surface area (Å²) >= 11 is 0. The lowest BCUT2D eigenvalue weighted by Gasteiger charge is -2.28. The molecule has 9 heteroatoms. The van der Waals surface area contributed by atoms with Crippen LogP contribution in [0.2, 0.25) is 0 Å². The second kappa shape index (κ2) is 46.0. The van der Waals surface area contributed by atoms with Crippen molar-refractivity contribution in [1.29, 1.82) is 0 Å². The summed E-state index contributed by atoms with van der Waals surface area (Å²) in [5, 5.41) is 27.4. The Balaban J connectivity index is 0. The van der Waals surface area contributed by atoms with Crippen LogP contribution in [-0.2, 0) is 14.4 Å². The molecule has 0 aliphatic heterocycles. The Morgan fingerprint density at radius 2 is 0.732 bits per heavy atom. The first-order chi connectivity index (χ1) is 27.2. The molecule has 0 saturated heterocycles. The Labute approximate surface area is 346 Å². The van der Waals surface area contributed by atoms with Gasteiger partial charge in [-0.15, -0.1) is 0 Å². The lowest BCUT2D eigenvalue weighted by Crippen LogP contribution is -2.42. The normalized spacial score (nSPS) is 12.4. The second-order valence-corrected chi connectivity index (χ2v) is 16.7. The van der Waals surface area contributed by atoms with E-state index < -0.39 is 30.0 Å². The van der Waals surface area contributed by atoms with Gasteiger partial charge in [-0.25, -0.2) is 0 Å². The largest absolute Gasteiger partial charge is 0.481 e. The molecule has 0 aromatic heterocycles. The van der Waals surface area contributed by atoms with Gasteiger partial charge >= 0.3 is 17.9 Å². The van der Waals surface area contributed by atoms with Crippen LogP contribution in [0.1, 0.15) is 251 Å². The molecule has 0 aliphatic carbocycles. The van der Waals surface area contributed by atoms with Crippen LogP contribution < -0.4 is 11.5 Å². The van der Waals surface area contributed by atoms with E-state index in [0.29, 0.717) is 13.0 Å². The van der Waals surface area contributed by atoms with Gasteiger partial charge in [0.25, 0.3) is 0 Å². The van der Waals surface area contributed by atoms with Crippen molar-refractivity contribution in [1.82, 2.24) is 4.90 Å². The summed E-state index contributed by atoms with van der Waals surface area (Å²) in [5.74, 6) is -2.71. The summed E-state index contributed by atoms with van der Waals surface area (Å²) in [4.78, 5) is 35.5. The number of hydrogen-bond acceptors (Lipinski definition) is 6. The number of aliphatic carboxylic acids is 3. The zero-order valence-electron chi connectivity index (χ0n) is 37.1. The van der Waals surface area contributed by atoms with Gasteiger partial charge in [-0.3, -0.25) is 19.3 Å². The fraction of sp³-hybridized carbons (Fsp3) is 0.936. The number of carbonyl (C=O) groups is 3. The van der Waals surface area contributed by atoms with Crippen molar-refractivity contribution in [3.05, 3.63) is 0 Å². The van der Waals surface area contributed by atoms with Gasteiger partial charge in [-0.05, 0) is 51.7 Å². The highest BCUT2D eigenvalue weighted by Crippen LogP contribution is 2.17. The SMILES string of the molecule is CCCCCCCCCCCCCCCCCCN(CCCCCCCCCCCCCCCCCC)C(CCC(=O)O)C(=O)O.NCCCCC(N)C(=O)O. The maximum Gasteiger partial charge on any atom is 0.320 e. The van der Waals surface area contributed by atoms with E-state index in [9.17, 15) is 19.5 Å². The summed E-state index contributed by atoms with van der Waals surface area (Å²) in [6.45, 7) is 6.70. The van der Waals surface area contributed by atoms with Crippen LogP contribution in [0.15, 0.2) is 0 Å². The summed E-state index contributed by atoms with van der Waals surface area (Å²) < 4.78 is 0. The molecule has 2 atom stereocenters. The van der Waals surface area contributed by atoms with Gasteiger partial charge in [0.15, 0.2) is 0 Å². The van der Waals surface area contributed by atoms with Crippen LogP contribution in [0.3, 0.4) is 0 Å². The topological polar surface area (TPSA) is 167 Å². The monoisotopic (exact) mass is 798 g/mol. The van der Waals surface area contributed by atoms with Crippen LogP contribution >= 0.6 is 0 Å². The van der Waals surface area contributed by atoms with E-state index in [1.54, 1.807) is 0 Å². The standard InChI is InChI=1S/C41H81NO4.C6H14N2O2/c1-3-5-7-9-11-13-15-17-19-21-23-25-27-29-31-33-37-42(39(41(45)46)35-36-40(43)44)38-34-32-30-28-26-24-22-20-18-16-14-12-10-8-6-4-2;7-4-2-1-3-5(8)6(9)10/h39H,3-38H2,1-2H3,(H,43,44)(H,45,46);5H,1-4,7-8H2,(H,9,10). The highest BCUT2D eigenvalue weighted by Gasteiger charge is 2.25. The fourth-order valence-electron chi connectivity index (χ4n) is 7.50. The van der Waals surface area contributed by atoms with E-state index in [4.69, 9.17) is 21.7 Å². The van der Waals surface area contributed by atoms with E-state index in [1.165, 1.54) is 180 Å². The van der Waals surface area contributed by atoms with Gasteiger partial charge < -0.3 is 26.8 Å². The zero-order valence-corrected chi connectivity index (χ0v) is 37.1. The van der Waals surface area contributed by atoms with E-state index in [1.807, 2.05) is 0 Å². The van der Waals surface area contributed by atoms with Crippen LogP contribution in [0.4, 0.5) is 0 Å². The van der Waals surface area contributed by atoms with Gasteiger partial charge in [0, 0.05) is 6.42 Å². The van der Waals surface area contributed by atoms with Crippen molar-refractivity contribution in [2.24, 2.45) is 11.5 Å². The molecule has 0 amide bonds. The lowest BCUT2D eigenvalue weighted by atomic mass is 10.0. The number of carboxylic acids is 3. The highest BCUT2D eigenvalue weighted by molar-refractivity contribution is 5.75. The Morgan fingerprint density at radius 3 is 0.982 bits per heavy atom. The van der Waals surface area contributed by atoms with Crippen LogP contribution in [-0.4, -0.2) is 69.8 Å². The predicted molar refractivity (Wildman–Crippen MR) is 237 cm³/mol. The number of rotatable bonds is 44. The molecule has 56 heavy (non-hydrogen) atoms. The van der Waals surface area contributed by atoms with Crippen molar-refractivity contribution in [3.8, 4) is 0 Å². The Kier molecular flexibility index (Phi) is 46.3. The third kappa shape index (κ3) is 43.4. The third-order valence-electron chi connectivity index (χ3n) is 11.2. The molecule has 7 N–H and O–H groups in total. The second-order valence-electron chi connectivity index (χ2n) is 16.7. The molecule has 334 valence electrons. The number of carboxylic acid groups (broad SMARTS) is 3. The van der Waals surface area contributed by atoms with Crippen molar-refractivity contribution < 1.29 is 29.7 Å². The molecular formula is C47H95N3O6. The third-order valence-corrected chi connectivity index (χ3v) is 11.2. The molecule has 2 unspecified atom stereocenters. The zero-order chi connectivity index (χ0) is 41.7. The van der Waals surface area contributed by atoms with E-state index in [2.05, 4.69) is 18.7 Å². The van der Waals surface area contributed by atoms with Gasteiger partial charge in [0.05, 0.1) is 0 Å². The van der Waals surface area contributed by atoms with E-state index in [-0.39, 0.29) is 12.8 Å². The number of hydrogen-bond donors (Lipinski definition) is 5. The van der Waals surface area contributed by atoms with Gasteiger partial charge in [0.2, 0.25) is 0 Å². The molecule has 0 aromatic rings. The number of unbranched alkanes of at least 4 members (excludes halogenated alkanes) is 31. The highest BCUT2D eigenvalue weighted by atomic mass is 16.4. The van der Waals surface area contributed by atoms with E-state index >= 15 is 0 Å². The Hall–Kier alpha value is -1.71. The van der Waals surface area contributed by atoms with Crippen LogP contribution in [0.25, 0.3) is 0 Å². The Morgan fingerprint density at radius 1 is 0.429 bits per heavy atom. The van der Waals surface area contributed by atoms with Crippen LogP contribution in [0.5, 0.6) is 0 Å². The van der Waals surface area contributed by atoms with Gasteiger partial charge in [0.1, 0.15) is 12.1 Å². The maximum atomic E-state index is 12.1. The average Bonchev–Trinajstić information content (AvgIpc) is 3.17. The summed E-state index contributed by atoms with van der Waals surface area (Å²) in [6.07, 6.45) is 44.8. The number of nitrogens with two attached hydrogens (primary N) is 2. The molecule has 0 bridgehead atoms. The molecule has 0 saturated carbocycles. The first-order valence-electron chi connectivity index (χ1n) is 24.1. The molecule has 0 fully saturated rings. The lowest BCUT2D eigenvalue weighted by molar-refractivity contribution is -0.144. The van der Waals surface area contributed by atoms with Gasteiger partial charge in [-0.2, -0.15) is 0 Å². The summed E-state index contributed by atoms with van der Waals surface area (Å²) in [6, 6.07) is -1.39. The first kappa shape index (κ1) is 56.4. The molecule has 9 nitrogen and oxygen atoms in total. The van der Waals surface area contributed by atoms with E-state index in [0.717, 1.165) is 51.6 Å². The minimum Gasteiger partial charge on any atom is -0.481 e. The predicted octanol–water partition coefficient (Wildman–Crippen LogP) is 12.7. The van der Waals surface area contributed by atoms with Crippen molar-refractivity contribution >= 4 is 17.9 Å². The molecule has 0 rings (SSSR count). The molecule has 0 spiro atoms. The van der Waals surface area contributed by atoms with Crippen molar-refractivity contribution in [2.45, 2.75) is 264 Å². The van der Waals surface area contributed by atoms with Crippen LogP contribution in [0, 0.1) is 0 Å². The summed E-state index contributed by atoms with van der Waals surface area (Å²) in [7, 11) is 0. The minimum atomic E-state index is -0.933. The minimum absolute atomic E-state index is 0.0780. The van der Waals surface area contributed by atoms with Crippen molar-refractivity contribution in [2.75, 3.05) is 19.6 Å². The number of nitrogens with zero attached hydrogens (tertiary/aromatic N) is 1. The quantitative estimate of drug-likeness (QED) is 0.0377. The van der Waals surface area contributed by atoms with Crippen molar-refractivity contribution in [3.63, 3.8) is 0 Å². The molecule has 0 aliphatic rings. The fourth-order valence-corrected chi connectivity index (χ4v) is 7.50. The molecule has 0 radical (unpaired) electrons. The summed E-state index contributed by atoms with van der Waals surface area (Å²) in [5.41, 5.74) is 10.4. The first-order valence-corrected chi connectivity index (χ1v) is 24.1.